The second-order valence-electron chi connectivity index (χ2n) is 20.8. The van der Waals surface area contributed by atoms with Crippen LogP contribution in [0, 0.1) is 11.3 Å². The first-order chi connectivity index (χ1) is 27.5. The minimum atomic E-state index is -3.76. The van der Waals surface area contributed by atoms with Crippen LogP contribution >= 0.6 is 0 Å². The predicted molar refractivity (Wildman–Crippen MR) is 251 cm³/mol. The molecule has 5 aromatic rings. The smallest absolute Gasteiger partial charge is 0.206 e. The zero-order valence-electron chi connectivity index (χ0n) is 37.7. The van der Waals surface area contributed by atoms with Crippen LogP contribution in [0.2, 0.25) is 0 Å². The van der Waals surface area contributed by atoms with Crippen LogP contribution in [0.25, 0.3) is 0 Å². The van der Waals surface area contributed by atoms with Gasteiger partial charge in [0.25, 0.3) is 0 Å². The summed E-state index contributed by atoms with van der Waals surface area (Å²) in [5, 5.41) is 0. The van der Waals surface area contributed by atoms with E-state index in [1.165, 1.54) is 33.4 Å². The standard InChI is InChI=1S/C55H67NO2S/c1-52(2,3)42-20-13-39(14-21-42)15-38-51(40-16-22-43(23-17-40)53(4,5)6)41-18-34-49(35-19-41)59(57,58)50-36-32-48(33-37-50)56(46-28-24-44(25-29-46)54(7,8)9)47-30-26-45(27-31-47)55(10,11)12/h13-14,16,18-37,40,51H,15,17,38H2,1-12H3. The van der Waals surface area contributed by atoms with Gasteiger partial charge in [0.05, 0.1) is 9.79 Å². The Kier molecular flexibility index (Phi) is 12.5. The van der Waals surface area contributed by atoms with E-state index in [0.29, 0.717) is 10.8 Å². The van der Waals surface area contributed by atoms with E-state index in [2.05, 4.69) is 191 Å². The Morgan fingerprint density at radius 2 is 0.915 bits per heavy atom. The molecule has 6 rings (SSSR count). The maximum Gasteiger partial charge on any atom is 0.206 e. The lowest BCUT2D eigenvalue weighted by molar-refractivity contribution is 0.458. The molecule has 0 radical (unpaired) electrons. The van der Waals surface area contributed by atoms with Gasteiger partial charge in [-0.25, -0.2) is 8.42 Å². The number of rotatable bonds is 10. The highest BCUT2D eigenvalue weighted by molar-refractivity contribution is 7.91. The fourth-order valence-electron chi connectivity index (χ4n) is 8.09. The van der Waals surface area contributed by atoms with Gasteiger partial charge in [-0.1, -0.05) is 162 Å². The molecule has 0 aromatic heterocycles. The van der Waals surface area contributed by atoms with Crippen LogP contribution in [0.3, 0.4) is 0 Å². The lowest BCUT2D eigenvalue weighted by atomic mass is 9.75. The van der Waals surface area contributed by atoms with Gasteiger partial charge in [-0.15, -0.1) is 0 Å². The summed E-state index contributed by atoms with van der Waals surface area (Å²) in [5.41, 5.74) is 11.0. The molecule has 1 aliphatic rings. The van der Waals surface area contributed by atoms with Crippen molar-refractivity contribution in [3.8, 4) is 0 Å². The van der Waals surface area contributed by atoms with Crippen molar-refractivity contribution in [2.75, 3.05) is 4.90 Å². The summed E-state index contributed by atoms with van der Waals surface area (Å²) in [6, 6.07) is 41.5. The maximum absolute atomic E-state index is 14.2. The lowest BCUT2D eigenvalue weighted by Crippen LogP contribution is -2.17. The number of hydrogen-bond donors (Lipinski definition) is 0. The SMILES string of the molecule is CC(C)(C)C1=CCC(C(CCc2ccc(C(C)(C)C)cc2)c2ccc(S(=O)(=O)c3ccc(N(c4ccc(C(C)(C)C)cc4)c4ccc(C(C)(C)C)cc4)cc3)cc2)C=C1. The number of aryl methyl sites for hydroxylation is 1. The van der Waals surface area contributed by atoms with E-state index in [1.807, 2.05) is 24.3 Å². The van der Waals surface area contributed by atoms with Gasteiger partial charge >= 0.3 is 0 Å². The van der Waals surface area contributed by atoms with Gasteiger partial charge in [0.2, 0.25) is 9.84 Å². The van der Waals surface area contributed by atoms with Crippen LogP contribution in [0.15, 0.2) is 155 Å². The Morgan fingerprint density at radius 3 is 1.29 bits per heavy atom. The summed E-state index contributed by atoms with van der Waals surface area (Å²) in [6.45, 7) is 26.9. The zero-order chi connectivity index (χ0) is 43.0. The highest BCUT2D eigenvalue weighted by Crippen LogP contribution is 2.41. The number of nitrogens with zero attached hydrogens (tertiary/aromatic N) is 1. The highest BCUT2D eigenvalue weighted by atomic mass is 32.2. The molecule has 0 heterocycles. The van der Waals surface area contributed by atoms with Crippen molar-refractivity contribution in [1.82, 2.24) is 0 Å². The third kappa shape index (κ3) is 10.4. The predicted octanol–water partition coefficient (Wildman–Crippen LogP) is 15.1. The average Bonchev–Trinajstić information content (AvgIpc) is 3.18. The molecule has 3 nitrogen and oxygen atoms in total. The summed E-state index contributed by atoms with van der Waals surface area (Å²) in [6.07, 6.45) is 10.0. The summed E-state index contributed by atoms with van der Waals surface area (Å²) < 4.78 is 28.4. The molecule has 0 N–H and O–H groups in total. The Hall–Kier alpha value is -4.67. The maximum atomic E-state index is 14.2. The molecule has 310 valence electrons. The zero-order valence-corrected chi connectivity index (χ0v) is 38.5. The van der Waals surface area contributed by atoms with Crippen LogP contribution < -0.4 is 4.90 Å². The molecular weight excluding hydrogens is 739 g/mol. The van der Waals surface area contributed by atoms with Gasteiger partial charge in [0.15, 0.2) is 0 Å². The molecule has 0 amide bonds. The molecule has 0 saturated heterocycles. The number of hydrogen-bond acceptors (Lipinski definition) is 3. The van der Waals surface area contributed by atoms with Crippen LogP contribution in [-0.4, -0.2) is 8.42 Å². The average molecular weight is 806 g/mol. The topological polar surface area (TPSA) is 37.4 Å². The van der Waals surface area contributed by atoms with Crippen molar-refractivity contribution in [2.24, 2.45) is 11.3 Å². The molecule has 59 heavy (non-hydrogen) atoms. The van der Waals surface area contributed by atoms with Crippen LogP contribution in [0.5, 0.6) is 0 Å². The second kappa shape index (κ2) is 16.8. The van der Waals surface area contributed by atoms with E-state index >= 15 is 0 Å². The summed E-state index contributed by atoms with van der Waals surface area (Å²) in [7, 11) is -3.76. The van der Waals surface area contributed by atoms with E-state index in [-0.39, 0.29) is 32.5 Å². The minimum absolute atomic E-state index is 0.0339. The fourth-order valence-corrected chi connectivity index (χ4v) is 9.35. The van der Waals surface area contributed by atoms with Crippen molar-refractivity contribution < 1.29 is 8.42 Å². The van der Waals surface area contributed by atoms with Crippen molar-refractivity contribution in [3.63, 3.8) is 0 Å². The van der Waals surface area contributed by atoms with Gasteiger partial charge in [-0.3, -0.25) is 0 Å². The van der Waals surface area contributed by atoms with E-state index in [0.717, 1.165) is 36.3 Å². The van der Waals surface area contributed by atoms with Crippen molar-refractivity contribution >= 4 is 26.9 Å². The third-order valence-corrected chi connectivity index (χ3v) is 13.9. The molecule has 5 aromatic carbocycles. The van der Waals surface area contributed by atoms with E-state index in [1.54, 1.807) is 12.1 Å². The Labute approximate surface area is 357 Å². The van der Waals surface area contributed by atoms with E-state index in [9.17, 15) is 8.42 Å². The van der Waals surface area contributed by atoms with E-state index < -0.39 is 9.84 Å². The number of anilines is 3. The van der Waals surface area contributed by atoms with Gasteiger partial charge in [0, 0.05) is 17.1 Å². The van der Waals surface area contributed by atoms with Gasteiger partial charge < -0.3 is 4.90 Å². The molecule has 2 atom stereocenters. The summed E-state index contributed by atoms with van der Waals surface area (Å²) >= 11 is 0. The van der Waals surface area contributed by atoms with Crippen molar-refractivity contribution in [2.45, 2.75) is 134 Å². The number of benzene rings is 5. The molecule has 1 aliphatic carbocycles. The van der Waals surface area contributed by atoms with Crippen molar-refractivity contribution in [1.29, 1.82) is 0 Å². The molecular formula is C55H67NO2S. The van der Waals surface area contributed by atoms with Crippen molar-refractivity contribution in [3.05, 3.63) is 173 Å². The van der Waals surface area contributed by atoms with Crippen LogP contribution in [-0.2, 0) is 32.5 Å². The fraction of sp³-hybridized carbons (Fsp3) is 0.382. The van der Waals surface area contributed by atoms with Crippen LogP contribution in [0.4, 0.5) is 17.1 Å². The van der Waals surface area contributed by atoms with E-state index in [4.69, 9.17) is 0 Å². The quantitative estimate of drug-likeness (QED) is 0.141. The summed E-state index contributed by atoms with van der Waals surface area (Å²) in [4.78, 5) is 2.79. The largest absolute Gasteiger partial charge is 0.311 e. The molecule has 0 saturated carbocycles. The number of sulfone groups is 1. The van der Waals surface area contributed by atoms with Gasteiger partial charge in [-0.05, 0) is 147 Å². The number of allylic oxidation sites excluding steroid dienone is 4. The van der Waals surface area contributed by atoms with Crippen LogP contribution in [0.1, 0.15) is 130 Å². The molecule has 0 bridgehead atoms. The first-order valence-corrected chi connectivity index (χ1v) is 22.9. The van der Waals surface area contributed by atoms with Gasteiger partial charge in [-0.2, -0.15) is 0 Å². The Morgan fingerprint density at radius 1 is 0.525 bits per heavy atom. The molecule has 0 spiro atoms. The van der Waals surface area contributed by atoms with Gasteiger partial charge in [0.1, 0.15) is 0 Å². The highest BCUT2D eigenvalue weighted by Gasteiger charge is 2.27. The third-order valence-electron chi connectivity index (χ3n) is 12.1. The second-order valence-corrected chi connectivity index (χ2v) is 22.7. The molecule has 0 fully saturated rings. The molecule has 2 unspecified atom stereocenters. The Bertz CT molecular complexity index is 2300. The summed E-state index contributed by atoms with van der Waals surface area (Å²) in [5.74, 6) is 0.588. The Balaban J connectivity index is 1.27. The normalized spacial score (nSPS) is 15.8. The minimum Gasteiger partial charge on any atom is -0.311 e. The molecule has 4 heteroatoms. The lowest BCUT2D eigenvalue weighted by Gasteiger charge is -2.30. The monoisotopic (exact) mass is 805 g/mol. The first kappa shape index (κ1) is 43.9. The first-order valence-electron chi connectivity index (χ1n) is 21.5. The molecule has 0 aliphatic heterocycles.